The van der Waals surface area contributed by atoms with Crippen molar-refractivity contribution >= 4 is 5.97 Å². The van der Waals surface area contributed by atoms with Crippen molar-refractivity contribution < 1.29 is 13.9 Å². The molecule has 0 fully saturated rings. The maximum Gasteiger partial charge on any atom is 0.332 e. The van der Waals surface area contributed by atoms with Gasteiger partial charge in [0.25, 0.3) is 0 Å². The second-order valence-corrected chi connectivity index (χ2v) is 3.86. The minimum atomic E-state index is -1.23. The van der Waals surface area contributed by atoms with Crippen LogP contribution in [0.2, 0.25) is 0 Å². The summed E-state index contributed by atoms with van der Waals surface area (Å²) in [5.41, 5.74) is 7.28. The highest BCUT2D eigenvalue weighted by Crippen LogP contribution is 2.20. The highest BCUT2D eigenvalue weighted by molar-refractivity contribution is 5.81. The molecule has 8 heteroatoms. The molecule has 0 saturated heterocycles. The number of carbonyl (C=O) groups is 1. The lowest BCUT2D eigenvalue weighted by Gasteiger charge is -2.27. The van der Waals surface area contributed by atoms with Crippen LogP contribution in [0.15, 0.2) is 23.4 Å². The van der Waals surface area contributed by atoms with Gasteiger partial charge in [0.1, 0.15) is 5.82 Å². The van der Waals surface area contributed by atoms with Crippen LogP contribution in [0.1, 0.15) is 12.6 Å². The molecule has 1 N–H and O–H groups in total. The molecule has 0 amide bonds. The third-order valence-electron chi connectivity index (χ3n) is 2.59. The van der Waals surface area contributed by atoms with Gasteiger partial charge in [0.05, 0.1) is 19.0 Å². The number of rotatable bonds is 6. The number of hydrogen-bond donors (Lipinski definition) is 1. The third-order valence-corrected chi connectivity index (χ3v) is 2.59. The number of azide groups is 1. The molecule has 102 valence electrons. The predicted octanol–water partition coefficient (Wildman–Crippen LogP) is 1.51. The molecule has 0 radical (unpaired) electrons. The van der Waals surface area contributed by atoms with E-state index in [1.807, 2.05) is 0 Å². The molecule has 1 atom stereocenters. The standard InChI is InChI=1S/C11H14FN5O2/c1-11(10(18)19-2,15-5-6-16-17-13)9-4-3-8(12)7-14-9/h3-4,7,15H,5-6H2,1-2H3. The Labute approximate surface area is 109 Å². The van der Waals surface area contributed by atoms with Gasteiger partial charge in [-0.3, -0.25) is 10.3 Å². The van der Waals surface area contributed by atoms with Gasteiger partial charge < -0.3 is 4.74 Å². The van der Waals surface area contributed by atoms with Crippen LogP contribution in [0.3, 0.4) is 0 Å². The van der Waals surface area contributed by atoms with Crippen LogP contribution in [0.25, 0.3) is 10.4 Å². The third kappa shape index (κ3) is 3.64. The lowest BCUT2D eigenvalue weighted by Crippen LogP contribution is -2.48. The van der Waals surface area contributed by atoms with E-state index in [2.05, 4.69) is 20.3 Å². The minimum Gasteiger partial charge on any atom is -0.467 e. The Balaban J connectivity index is 2.95. The first-order valence-electron chi connectivity index (χ1n) is 5.51. The number of pyridine rings is 1. The molecule has 1 heterocycles. The molecule has 0 aromatic carbocycles. The zero-order valence-corrected chi connectivity index (χ0v) is 10.6. The molecule has 0 aliphatic carbocycles. The molecular formula is C11H14FN5O2. The van der Waals surface area contributed by atoms with Crippen molar-refractivity contribution in [2.75, 3.05) is 20.2 Å². The maximum absolute atomic E-state index is 12.9. The van der Waals surface area contributed by atoms with Crippen LogP contribution < -0.4 is 5.32 Å². The summed E-state index contributed by atoms with van der Waals surface area (Å²) < 4.78 is 17.6. The minimum absolute atomic E-state index is 0.171. The average Bonchev–Trinajstić information content (AvgIpc) is 2.43. The number of nitrogens with zero attached hydrogens (tertiary/aromatic N) is 4. The van der Waals surface area contributed by atoms with Crippen molar-refractivity contribution in [3.05, 3.63) is 40.3 Å². The normalized spacial score (nSPS) is 13.2. The quantitative estimate of drug-likeness (QED) is 0.277. The Morgan fingerprint density at radius 2 is 2.42 bits per heavy atom. The van der Waals surface area contributed by atoms with E-state index in [0.29, 0.717) is 5.69 Å². The average molecular weight is 267 g/mol. The first-order chi connectivity index (χ1) is 9.04. The molecule has 1 unspecified atom stereocenters. The SMILES string of the molecule is COC(=O)C(C)(NCCN=[N+]=[N-])c1ccc(F)cn1. The van der Waals surface area contributed by atoms with Gasteiger partial charge in [-0.15, -0.1) is 0 Å². The summed E-state index contributed by atoms with van der Waals surface area (Å²) in [5.74, 6) is -1.06. The Morgan fingerprint density at radius 3 is 2.95 bits per heavy atom. The number of ether oxygens (including phenoxy) is 1. The van der Waals surface area contributed by atoms with Crippen LogP contribution in [-0.4, -0.2) is 31.2 Å². The van der Waals surface area contributed by atoms with Crippen LogP contribution >= 0.6 is 0 Å². The van der Waals surface area contributed by atoms with Crippen LogP contribution in [0.4, 0.5) is 4.39 Å². The van der Waals surface area contributed by atoms with Crippen molar-refractivity contribution in [2.45, 2.75) is 12.5 Å². The molecule has 0 aliphatic heterocycles. The van der Waals surface area contributed by atoms with Crippen LogP contribution in [-0.2, 0) is 15.1 Å². The Morgan fingerprint density at radius 1 is 1.68 bits per heavy atom. The van der Waals surface area contributed by atoms with E-state index in [1.54, 1.807) is 6.92 Å². The highest BCUT2D eigenvalue weighted by Gasteiger charge is 2.37. The second kappa shape index (κ2) is 6.67. The maximum atomic E-state index is 12.9. The van der Waals surface area contributed by atoms with Crippen molar-refractivity contribution in [1.82, 2.24) is 10.3 Å². The summed E-state index contributed by atoms with van der Waals surface area (Å²) in [7, 11) is 1.25. The smallest absolute Gasteiger partial charge is 0.332 e. The molecule has 0 spiro atoms. The van der Waals surface area contributed by atoms with Crippen molar-refractivity contribution in [2.24, 2.45) is 5.11 Å². The van der Waals surface area contributed by atoms with Crippen molar-refractivity contribution in [1.29, 1.82) is 0 Å². The second-order valence-electron chi connectivity index (χ2n) is 3.86. The number of halogens is 1. The first-order valence-corrected chi connectivity index (χ1v) is 5.51. The summed E-state index contributed by atoms with van der Waals surface area (Å²) in [5, 5.41) is 6.25. The predicted molar refractivity (Wildman–Crippen MR) is 65.6 cm³/mol. The van der Waals surface area contributed by atoms with E-state index >= 15 is 0 Å². The zero-order chi connectivity index (χ0) is 14.3. The number of methoxy groups -OCH3 is 1. The first kappa shape index (κ1) is 14.9. The summed E-state index contributed by atoms with van der Waals surface area (Å²) in [6.45, 7) is 1.99. The fraction of sp³-hybridized carbons (Fsp3) is 0.455. The molecule has 0 aliphatic rings. The lowest BCUT2D eigenvalue weighted by atomic mass is 9.97. The fourth-order valence-corrected chi connectivity index (χ4v) is 1.54. The van der Waals surface area contributed by atoms with E-state index in [4.69, 9.17) is 10.3 Å². The van der Waals surface area contributed by atoms with Crippen LogP contribution in [0.5, 0.6) is 0 Å². The Kier molecular flexibility index (Phi) is 5.23. The van der Waals surface area contributed by atoms with E-state index in [0.717, 1.165) is 6.20 Å². The van der Waals surface area contributed by atoms with Gasteiger partial charge in [-0.25, -0.2) is 9.18 Å². The number of hydrogen-bond acceptors (Lipinski definition) is 5. The molecule has 1 aromatic rings. The van der Waals surface area contributed by atoms with Gasteiger partial charge in [0.2, 0.25) is 0 Å². The molecule has 0 saturated carbocycles. The van der Waals surface area contributed by atoms with Gasteiger partial charge in [-0.1, -0.05) is 5.11 Å². The lowest BCUT2D eigenvalue weighted by molar-refractivity contribution is -0.148. The van der Waals surface area contributed by atoms with Gasteiger partial charge in [-0.05, 0) is 24.6 Å². The largest absolute Gasteiger partial charge is 0.467 e. The summed E-state index contributed by atoms with van der Waals surface area (Å²) in [6.07, 6.45) is 1.02. The van der Waals surface area contributed by atoms with Gasteiger partial charge >= 0.3 is 5.97 Å². The number of nitrogens with one attached hydrogen (secondary N) is 1. The number of carbonyl (C=O) groups excluding carboxylic acids is 1. The van der Waals surface area contributed by atoms with Crippen molar-refractivity contribution in [3.8, 4) is 0 Å². The summed E-state index contributed by atoms with van der Waals surface area (Å²) in [6, 6.07) is 2.60. The Bertz CT molecular complexity index is 486. The number of esters is 1. The zero-order valence-electron chi connectivity index (χ0n) is 10.6. The topological polar surface area (TPSA) is 100.0 Å². The summed E-state index contributed by atoms with van der Waals surface area (Å²) in [4.78, 5) is 18.3. The molecule has 1 aromatic heterocycles. The van der Waals surface area contributed by atoms with Gasteiger partial charge in [0, 0.05) is 18.0 Å². The van der Waals surface area contributed by atoms with E-state index in [1.165, 1.54) is 19.2 Å². The molecular weight excluding hydrogens is 253 g/mol. The van der Waals surface area contributed by atoms with Gasteiger partial charge in [0.15, 0.2) is 5.54 Å². The fourth-order valence-electron chi connectivity index (χ4n) is 1.54. The highest BCUT2D eigenvalue weighted by atomic mass is 19.1. The summed E-state index contributed by atoms with van der Waals surface area (Å²) >= 11 is 0. The van der Waals surface area contributed by atoms with Gasteiger partial charge in [-0.2, -0.15) is 0 Å². The van der Waals surface area contributed by atoms with Crippen molar-refractivity contribution in [3.63, 3.8) is 0 Å². The monoisotopic (exact) mass is 267 g/mol. The molecule has 1 rings (SSSR count). The van der Waals surface area contributed by atoms with E-state index < -0.39 is 17.3 Å². The molecule has 19 heavy (non-hydrogen) atoms. The van der Waals surface area contributed by atoms with E-state index in [9.17, 15) is 9.18 Å². The molecule has 0 bridgehead atoms. The number of aromatic nitrogens is 1. The molecule has 7 nitrogen and oxygen atoms in total. The Hall–Kier alpha value is -2.18. The van der Waals surface area contributed by atoms with E-state index in [-0.39, 0.29) is 13.1 Å². The van der Waals surface area contributed by atoms with Crippen LogP contribution in [0, 0.1) is 5.82 Å².